The fraction of sp³-hybridized carbons (Fsp3) is 0.524. The molecule has 1 nitrogen and oxygen atoms in total. The van der Waals surface area contributed by atoms with E-state index in [-0.39, 0.29) is 5.54 Å². The largest absolute Gasteiger partial charge is 0.321 e. The minimum Gasteiger partial charge on any atom is -0.321 e. The Morgan fingerprint density at radius 3 is 2.73 bits per heavy atom. The quantitative estimate of drug-likeness (QED) is 0.863. The molecule has 1 saturated carbocycles. The Bertz CT molecular complexity index is 639. The van der Waals surface area contributed by atoms with Gasteiger partial charge in [0, 0.05) is 5.54 Å². The zero-order chi connectivity index (χ0) is 15.4. The molecule has 3 aliphatic carbocycles. The summed E-state index contributed by atoms with van der Waals surface area (Å²) in [6.45, 7) is 4.51. The fourth-order valence-electron chi connectivity index (χ4n) is 5.02. The molecule has 0 amide bonds. The molecule has 3 aliphatic rings. The topological polar surface area (TPSA) is 26.0 Å². The monoisotopic (exact) mass is 293 g/mol. The number of benzene rings is 1. The Morgan fingerprint density at radius 1 is 1.23 bits per heavy atom. The molecule has 3 unspecified atom stereocenters. The van der Waals surface area contributed by atoms with E-state index >= 15 is 0 Å². The summed E-state index contributed by atoms with van der Waals surface area (Å²) >= 11 is 0. The van der Waals surface area contributed by atoms with Gasteiger partial charge in [0.05, 0.1) is 0 Å². The second-order valence-electron chi connectivity index (χ2n) is 8.10. The third-order valence-electron chi connectivity index (χ3n) is 6.54. The van der Waals surface area contributed by atoms with E-state index in [1.165, 1.54) is 31.2 Å². The van der Waals surface area contributed by atoms with Crippen molar-refractivity contribution in [1.29, 1.82) is 0 Å². The van der Waals surface area contributed by atoms with Crippen LogP contribution < -0.4 is 5.73 Å². The minimum atomic E-state index is -0.128. The molecule has 2 N–H and O–H groups in total. The van der Waals surface area contributed by atoms with Crippen molar-refractivity contribution in [3.8, 4) is 0 Å². The second kappa shape index (κ2) is 4.83. The molecule has 4 rings (SSSR count). The highest BCUT2D eigenvalue weighted by molar-refractivity contribution is 5.48. The second-order valence-corrected chi connectivity index (χ2v) is 8.10. The smallest absolute Gasteiger partial charge is 0.0403 e. The summed E-state index contributed by atoms with van der Waals surface area (Å²) in [4.78, 5) is 0. The summed E-state index contributed by atoms with van der Waals surface area (Å²) in [6, 6.07) is 11.0. The van der Waals surface area contributed by atoms with Gasteiger partial charge in [-0.15, -0.1) is 0 Å². The van der Waals surface area contributed by atoms with Gasteiger partial charge in [-0.1, -0.05) is 61.9 Å². The third-order valence-corrected chi connectivity index (χ3v) is 6.54. The van der Waals surface area contributed by atoms with Crippen LogP contribution in [0.5, 0.6) is 0 Å². The zero-order valence-corrected chi connectivity index (χ0v) is 13.8. The maximum absolute atomic E-state index is 6.66. The Labute approximate surface area is 134 Å². The van der Waals surface area contributed by atoms with E-state index in [1.807, 2.05) is 0 Å². The van der Waals surface area contributed by atoms with E-state index in [9.17, 15) is 0 Å². The molecule has 116 valence electrons. The summed E-state index contributed by atoms with van der Waals surface area (Å²) in [5.74, 6) is 1.30. The van der Waals surface area contributed by atoms with E-state index in [0.717, 1.165) is 12.3 Å². The van der Waals surface area contributed by atoms with Gasteiger partial charge in [-0.25, -0.2) is 0 Å². The van der Waals surface area contributed by atoms with Crippen LogP contribution in [0.4, 0.5) is 0 Å². The number of allylic oxidation sites excluding steroid dienone is 2. The number of hydrogen-bond acceptors (Lipinski definition) is 1. The standard InChI is InChI=1S/C21H27N/c1-15(2)21(22)11-9-19-18(14-21)17-8-10-20(19,13-17)12-16-6-4-3-5-7-16/h3-7,9,11,15,17H,8,10,12-14,22H2,1-2H3. The predicted molar refractivity (Wildman–Crippen MR) is 92.5 cm³/mol. The molecular formula is C21H27N. The summed E-state index contributed by atoms with van der Waals surface area (Å²) in [7, 11) is 0. The number of rotatable bonds is 3. The predicted octanol–water partition coefficient (Wildman–Crippen LogP) is 4.64. The molecule has 0 aliphatic heterocycles. The summed E-state index contributed by atoms with van der Waals surface area (Å²) in [5.41, 5.74) is 11.8. The molecule has 0 radical (unpaired) electrons. The molecular weight excluding hydrogens is 266 g/mol. The van der Waals surface area contributed by atoms with Crippen LogP contribution >= 0.6 is 0 Å². The van der Waals surface area contributed by atoms with Crippen LogP contribution in [0, 0.1) is 17.3 Å². The van der Waals surface area contributed by atoms with Crippen molar-refractivity contribution < 1.29 is 0 Å². The van der Waals surface area contributed by atoms with Gasteiger partial charge in [0.1, 0.15) is 0 Å². The molecule has 0 spiro atoms. The molecule has 0 heterocycles. The van der Waals surface area contributed by atoms with E-state index in [2.05, 4.69) is 56.3 Å². The highest BCUT2D eigenvalue weighted by atomic mass is 14.8. The molecule has 1 aromatic carbocycles. The Balaban J connectivity index is 1.67. The van der Waals surface area contributed by atoms with Crippen molar-refractivity contribution in [3.05, 3.63) is 59.2 Å². The van der Waals surface area contributed by atoms with Gasteiger partial charge in [-0.2, -0.15) is 0 Å². The van der Waals surface area contributed by atoms with Crippen LogP contribution in [-0.2, 0) is 6.42 Å². The highest BCUT2D eigenvalue weighted by Gasteiger charge is 2.52. The lowest BCUT2D eigenvalue weighted by atomic mass is 9.68. The number of nitrogens with two attached hydrogens (primary N) is 1. The molecule has 3 atom stereocenters. The average Bonchev–Trinajstić information content (AvgIpc) is 3.04. The lowest BCUT2D eigenvalue weighted by molar-refractivity contribution is 0.354. The van der Waals surface area contributed by atoms with Crippen molar-refractivity contribution in [3.63, 3.8) is 0 Å². The van der Waals surface area contributed by atoms with Crippen LogP contribution in [-0.4, -0.2) is 5.54 Å². The zero-order valence-electron chi connectivity index (χ0n) is 13.8. The van der Waals surface area contributed by atoms with Crippen molar-refractivity contribution in [2.24, 2.45) is 23.0 Å². The summed E-state index contributed by atoms with van der Waals surface area (Å²) < 4.78 is 0. The number of hydrogen-bond donors (Lipinski definition) is 1. The van der Waals surface area contributed by atoms with Gasteiger partial charge < -0.3 is 5.73 Å². The molecule has 1 fully saturated rings. The van der Waals surface area contributed by atoms with E-state index in [1.54, 1.807) is 11.1 Å². The van der Waals surface area contributed by atoms with Gasteiger partial charge in [0.15, 0.2) is 0 Å². The normalized spacial score (nSPS) is 36.3. The molecule has 1 aromatic rings. The lowest BCUT2D eigenvalue weighted by Gasteiger charge is -2.39. The first kappa shape index (κ1) is 14.3. The van der Waals surface area contributed by atoms with Gasteiger partial charge in [-0.05, 0) is 60.5 Å². The fourth-order valence-corrected chi connectivity index (χ4v) is 5.02. The van der Waals surface area contributed by atoms with Crippen LogP contribution in [0.1, 0.15) is 45.1 Å². The molecule has 1 heteroatoms. The maximum atomic E-state index is 6.66. The van der Waals surface area contributed by atoms with E-state index in [4.69, 9.17) is 5.73 Å². The Morgan fingerprint density at radius 2 is 2.00 bits per heavy atom. The van der Waals surface area contributed by atoms with Crippen molar-refractivity contribution >= 4 is 0 Å². The first-order chi connectivity index (χ1) is 10.5. The van der Waals surface area contributed by atoms with Crippen molar-refractivity contribution in [2.75, 3.05) is 0 Å². The van der Waals surface area contributed by atoms with Crippen LogP contribution in [0.15, 0.2) is 53.6 Å². The van der Waals surface area contributed by atoms with Gasteiger partial charge in [0.25, 0.3) is 0 Å². The molecule has 0 saturated heterocycles. The van der Waals surface area contributed by atoms with Gasteiger partial charge in [0.2, 0.25) is 0 Å². The first-order valence-electron chi connectivity index (χ1n) is 8.78. The lowest BCUT2D eigenvalue weighted by Crippen LogP contribution is -2.45. The molecule has 22 heavy (non-hydrogen) atoms. The molecule has 0 aromatic heterocycles. The van der Waals surface area contributed by atoms with Gasteiger partial charge >= 0.3 is 0 Å². The summed E-state index contributed by atoms with van der Waals surface area (Å²) in [6.07, 6.45) is 11.1. The van der Waals surface area contributed by atoms with Crippen molar-refractivity contribution in [1.82, 2.24) is 0 Å². The van der Waals surface area contributed by atoms with Crippen LogP contribution in [0.3, 0.4) is 0 Å². The highest BCUT2D eigenvalue weighted by Crippen LogP contribution is 2.61. The van der Waals surface area contributed by atoms with E-state index in [0.29, 0.717) is 11.3 Å². The minimum absolute atomic E-state index is 0.128. The average molecular weight is 293 g/mol. The van der Waals surface area contributed by atoms with Gasteiger partial charge in [-0.3, -0.25) is 0 Å². The van der Waals surface area contributed by atoms with Crippen molar-refractivity contribution in [2.45, 2.75) is 51.5 Å². The summed E-state index contributed by atoms with van der Waals surface area (Å²) in [5, 5.41) is 0. The van der Waals surface area contributed by atoms with E-state index < -0.39 is 0 Å². The number of fused-ring (bicyclic) bond motifs is 4. The first-order valence-corrected chi connectivity index (χ1v) is 8.78. The maximum Gasteiger partial charge on any atom is 0.0403 e. The Hall–Kier alpha value is -1.34. The SMILES string of the molecule is CC(C)C1(N)C=CC2=C(C1)C1CCC2(Cc2ccccc2)C1. The van der Waals surface area contributed by atoms with Crippen LogP contribution in [0.25, 0.3) is 0 Å². The Kier molecular flexibility index (Phi) is 3.13. The third kappa shape index (κ3) is 2.02. The van der Waals surface area contributed by atoms with Crippen LogP contribution in [0.2, 0.25) is 0 Å². The molecule has 2 bridgehead atoms.